The number of carboxylic acids is 1. The number of nitrogens with zero attached hydrogens (tertiary/aromatic N) is 2. The van der Waals surface area contributed by atoms with Crippen LogP contribution in [0.4, 0.5) is 5.69 Å². The van der Waals surface area contributed by atoms with Crippen LogP contribution >= 0.6 is 0 Å². The molecule has 1 fully saturated rings. The zero-order valence-electron chi connectivity index (χ0n) is 14.3. The number of nitriles is 1. The zero-order valence-corrected chi connectivity index (χ0v) is 14.3. The molecule has 0 aromatic heterocycles. The van der Waals surface area contributed by atoms with E-state index in [2.05, 4.69) is 0 Å². The highest BCUT2D eigenvalue weighted by molar-refractivity contribution is 5.95. The van der Waals surface area contributed by atoms with Gasteiger partial charge in [0.1, 0.15) is 11.5 Å². The maximum Gasteiger partial charge on any atom is 0.335 e. The third-order valence-corrected chi connectivity index (χ3v) is 4.19. The highest BCUT2D eigenvalue weighted by Gasteiger charge is 2.27. The van der Waals surface area contributed by atoms with Gasteiger partial charge >= 0.3 is 5.97 Å². The molecule has 0 unspecified atom stereocenters. The van der Waals surface area contributed by atoms with E-state index in [1.807, 2.05) is 6.07 Å². The van der Waals surface area contributed by atoms with E-state index in [1.165, 1.54) is 19.1 Å². The van der Waals surface area contributed by atoms with Crippen molar-refractivity contribution in [1.82, 2.24) is 0 Å². The Labute approximate surface area is 151 Å². The lowest BCUT2D eigenvalue weighted by Crippen LogP contribution is -2.30. The van der Waals surface area contributed by atoms with E-state index in [0.29, 0.717) is 35.2 Å². The Morgan fingerprint density at radius 3 is 2.42 bits per heavy atom. The number of ether oxygens (including phenoxy) is 1. The van der Waals surface area contributed by atoms with Crippen LogP contribution in [0.15, 0.2) is 42.5 Å². The number of carboxylic acid groups (broad SMARTS) is 1. The molecule has 2 aromatic rings. The molecule has 0 radical (unpaired) electrons. The van der Waals surface area contributed by atoms with Crippen LogP contribution in [0.1, 0.15) is 35.7 Å². The van der Waals surface area contributed by atoms with Crippen molar-refractivity contribution in [2.24, 2.45) is 5.92 Å². The molecule has 0 aliphatic heterocycles. The van der Waals surface area contributed by atoms with E-state index < -0.39 is 5.97 Å². The number of rotatable bonds is 6. The Hall–Kier alpha value is -3.33. The van der Waals surface area contributed by atoms with Gasteiger partial charge in [-0.1, -0.05) is 0 Å². The summed E-state index contributed by atoms with van der Waals surface area (Å²) in [6.45, 7) is 2.05. The molecule has 0 bridgehead atoms. The molecule has 1 saturated carbocycles. The average molecular weight is 350 g/mol. The Balaban J connectivity index is 1.93. The van der Waals surface area contributed by atoms with Gasteiger partial charge in [-0.05, 0) is 55.2 Å². The summed E-state index contributed by atoms with van der Waals surface area (Å²) < 4.78 is 5.75. The minimum atomic E-state index is -1.09. The summed E-state index contributed by atoms with van der Waals surface area (Å²) in [5, 5.41) is 18.2. The minimum absolute atomic E-state index is 0.0493. The molecule has 1 aliphatic rings. The van der Waals surface area contributed by atoms with Crippen LogP contribution in [0.2, 0.25) is 0 Å². The zero-order chi connectivity index (χ0) is 18.7. The second kappa shape index (κ2) is 7.28. The quantitative estimate of drug-likeness (QED) is 0.855. The fourth-order valence-corrected chi connectivity index (χ4v) is 2.63. The minimum Gasteiger partial charge on any atom is -0.478 e. The molecule has 0 saturated heterocycles. The topological polar surface area (TPSA) is 90.6 Å². The lowest BCUT2D eigenvalue weighted by atomic mass is 10.1. The van der Waals surface area contributed by atoms with E-state index >= 15 is 0 Å². The Bertz CT molecular complexity index is 880. The predicted molar refractivity (Wildman–Crippen MR) is 95.4 cm³/mol. The molecule has 3 rings (SSSR count). The first kappa shape index (κ1) is 17.5. The lowest BCUT2D eigenvalue weighted by Gasteiger charge is -2.22. The molecule has 0 atom stereocenters. The lowest BCUT2D eigenvalue weighted by molar-refractivity contribution is -0.116. The van der Waals surface area contributed by atoms with E-state index in [1.54, 1.807) is 35.2 Å². The Kier molecular flexibility index (Phi) is 4.90. The van der Waals surface area contributed by atoms with Crippen LogP contribution in [0.25, 0.3) is 0 Å². The molecule has 132 valence electrons. The Morgan fingerprint density at radius 1 is 1.19 bits per heavy atom. The smallest absolute Gasteiger partial charge is 0.335 e. The first-order chi connectivity index (χ1) is 12.5. The van der Waals surface area contributed by atoms with Crippen molar-refractivity contribution in [1.29, 1.82) is 5.26 Å². The number of amides is 1. The highest BCUT2D eigenvalue weighted by Crippen LogP contribution is 2.34. The number of carbonyl (C=O) groups is 2. The number of benzene rings is 2. The van der Waals surface area contributed by atoms with E-state index in [9.17, 15) is 14.7 Å². The van der Waals surface area contributed by atoms with Crippen molar-refractivity contribution in [3.63, 3.8) is 0 Å². The molecule has 1 N–H and O–H groups in total. The molecule has 1 aliphatic carbocycles. The maximum absolute atomic E-state index is 12.0. The molecule has 6 nitrogen and oxygen atoms in total. The standard InChI is InChI=1S/C20H18N2O4/c1-13(23)22(12-15-2-3-15)17-8-16(20(24)25)9-19(10-17)26-18-6-4-14(11-21)5-7-18/h4-10,15H,2-3,12H2,1H3,(H,24,25). The monoisotopic (exact) mass is 350 g/mol. The van der Waals surface area contributed by atoms with Crippen LogP contribution in [0.5, 0.6) is 11.5 Å². The average Bonchev–Trinajstić information content (AvgIpc) is 3.44. The second-order valence-corrected chi connectivity index (χ2v) is 6.33. The number of aromatic carboxylic acids is 1. The van der Waals surface area contributed by atoms with Gasteiger partial charge in [-0.15, -0.1) is 0 Å². The van der Waals surface area contributed by atoms with Gasteiger partial charge in [0, 0.05) is 25.2 Å². The van der Waals surface area contributed by atoms with Crippen molar-refractivity contribution < 1.29 is 19.4 Å². The van der Waals surface area contributed by atoms with Crippen LogP contribution in [-0.2, 0) is 4.79 Å². The van der Waals surface area contributed by atoms with E-state index in [0.717, 1.165) is 12.8 Å². The van der Waals surface area contributed by atoms with Crippen molar-refractivity contribution in [2.75, 3.05) is 11.4 Å². The normalized spacial score (nSPS) is 12.9. The van der Waals surface area contributed by atoms with Gasteiger partial charge in [0.25, 0.3) is 0 Å². The molecule has 2 aromatic carbocycles. The first-order valence-corrected chi connectivity index (χ1v) is 8.31. The summed E-state index contributed by atoms with van der Waals surface area (Å²) in [6, 6.07) is 13.1. The summed E-state index contributed by atoms with van der Waals surface area (Å²) >= 11 is 0. The van der Waals surface area contributed by atoms with Crippen LogP contribution in [0.3, 0.4) is 0 Å². The molecule has 1 amide bonds. The van der Waals surface area contributed by atoms with Gasteiger partial charge in [-0.25, -0.2) is 4.79 Å². The van der Waals surface area contributed by atoms with Gasteiger partial charge in [-0.3, -0.25) is 4.79 Å². The van der Waals surface area contributed by atoms with Crippen LogP contribution in [-0.4, -0.2) is 23.5 Å². The van der Waals surface area contributed by atoms with Crippen molar-refractivity contribution in [2.45, 2.75) is 19.8 Å². The third-order valence-electron chi connectivity index (χ3n) is 4.19. The van der Waals surface area contributed by atoms with Crippen LogP contribution in [0, 0.1) is 17.2 Å². The van der Waals surface area contributed by atoms with E-state index in [4.69, 9.17) is 10.00 Å². The maximum atomic E-state index is 12.0. The van der Waals surface area contributed by atoms with Crippen molar-refractivity contribution in [3.05, 3.63) is 53.6 Å². The number of carbonyl (C=O) groups excluding carboxylic acids is 1. The van der Waals surface area contributed by atoms with Gasteiger partial charge in [-0.2, -0.15) is 5.26 Å². The number of hydrogen-bond donors (Lipinski definition) is 1. The third kappa shape index (κ3) is 4.19. The fourth-order valence-electron chi connectivity index (χ4n) is 2.63. The van der Waals surface area contributed by atoms with Gasteiger partial charge in [0.15, 0.2) is 0 Å². The number of anilines is 1. The summed E-state index contributed by atoms with van der Waals surface area (Å²) in [7, 11) is 0. The van der Waals surface area contributed by atoms with Gasteiger partial charge in [0.05, 0.1) is 17.2 Å². The van der Waals surface area contributed by atoms with E-state index in [-0.39, 0.29) is 11.5 Å². The Morgan fingerprint density at radius 2 is 1.88 bits per heavy atom. The molecule has 6 heteroatoms. The van der Waals surface area contributed by atoms with Crippen molar-refractivity contribution in [3.8, 4) is 17.6 Å². The first-order valence-electron chi connectivity index (χ1n) is 8.31. The summed E-state index contributed by atoms with van der Waals surface area (Å²) in [6.07, 6.45) is 2.16. The molecular weight excluding hydrogens is 332 g/mol. The van der Waals surface area contributed by atoms with Crippen LogP contribution < -0.4 is 9.64 Å². The summed E-state index contributed by atoms with van der Waals surface area (Å²) in [5.74, 6) is 0.0474. The summed E-state index contributed by atoms with van der Waals surface area (Å²) in [4.78, 5) is 25.1. The second-order valence-electron chi connectivity index (χ2n) is 6.33. The van der Waals surface area contributed by atoms with Gasteiger partial charge in [0.2, 0.25) is 5.91 Å². The highest BCUT2D eigenvalue weighted by atomic mass is 16.5. The fraction of sp³-hybridized carbons (Fsp3) is 0.250. The molecular formula is C20H18N2O4. The predicted octanol–water partition coefficient (Wildman–Crippen LogP) is 3.81. The SMILES string of the molecule is CC(=O)N(CC1CC1)c1cc(Oc2ccc(C#N)cc2)cc(C(=O)O)c1. The molecule has 26 heavy (non-hydrogen) atoms. The van der Waals surface area contributed by atoms with Gasteiger partial charge < -0.3 is 14.7 Å². The molecule has 0 spiro atoms. The van der Waals surface area contributed by atoms with Crippen molar-refractivity contribution >= 4 is 17.6 Å². The largest absolute Gasteiger partial charge is 0.478 e. The molecule has 0 heterocycles. The number of hydrogen-bond acceptors (Lipinski definition) is 4. The summed E-state index contributed by atoms with van der Waals surface area (Å²) in [5.41, 5.74) is 1.06.